The average molecular weight is 527 g/mol. The SMILES string of the molecule is CC(C)OC(=O)NC1CCC(c2ncc(-c3ccc(NC(=O)NCc4ccccc4)cc3Cl)s2)CC1. The van der Waals surface area contributed by atoms with Crippen molar-refractivity contribution in [3.63, 3.8) is 0 Å². The molecule has 7 nitrogen and oxygen atoms in total. The third-order valence-electron chi connectivity index (χ3n) is 6.05. The highest BCUT2D eigenvalue weighted by Gasteiger charge is 2.26. The van der Waals surface area contributed by atoms with E-state index in [0.717, 1.165) is 46.7 Å². The van der Waals surface area contributed by atoms with Crippen LogP contribution in [-0.4, -0.2) is 29.3 Å². The minimum Gasteiger partial charge on any atom is -0.447 e. The van der Waals surface area contributed by atoms with Crippen molar-refractivity contribution < 1.29 is 14.3 Å². The van der Waals surface area contributed by atoms with Crippen LogP contribution in [-0.2, 0) is 11.3 Å². The molecule has 3 N–H and O–H groups in total. The smallest absolute Gasteiger partial charge is 0.407 e. The van der Waals surface area contributed by atoms with E-state index in [4.69, 9.17) is 16.3 Å². The van der Waals surface area contributed by atoms with E-state index in [1.54, 1.807) is 17.4 Å². The standard InChI is InChI=1S/C27H31ClN4O3S/c1-17(2)35-27(34)32-20-10-8-19(9-11-20)25-29-16-24(36-25)22-13-12-21(14-23(22)28)31-26(33)30-15-18-6-4-3-5-7-18/h3-7,12-14,16-17,19-20H,8-11,15H2,1-2H3,(H,32,34)(H2,30,31,33). The van der Waals surface area contributed by atoms with Gasteiger partial charge in [0, 0.05) is 36.0 Å². The summed E-state index contributed by atoms with van der Waals surface area (Å²) in [6.07, 6.45) is 5.14. The number of alkyl carbamates (subject to hydrolysis) is 1. The molecular formula is C27H31ClN4O3S. The van der Waals surface area contributed by atoms with Crippen LogP contribution >= 0.6 is 22.9 Å². The number of nitrogens with one attached hydrogen (secondary N) is 3. The number of aromatic nitrogens is 1. The molecular weight excluding hydrogens is 496 g/mol. The highest BCUT2D eigenvalue weighted by atomic mass is 35.5. The highest BCUT2D eigenvalue weighted by Crippen LogP contribution is 2.40. The quantitative estimate of drug-likeness (QED) is 0.310. The largest absolute Gasteiger partial charge is 0.447 e. The molecule has 1 aliphatic rings. The molecule has 0 aliphatic heterocycles. The Hall–Kier alpha value is -3.10. The summed E-state index contributed by atoms with van der Waals surface area (Å²) in [7, 11) is 0. The van der Waals surface area contributed by atoms with Gasteiger partial charge in [-0.1, -0.05) is 41.9 Å². The fourth-order valence-corrected chi connectivity index (χ4v) is 5.71. The average Bonchev–Trinajstić information content (AvgIpc) is 3.33. The van der Waals surface area contributed by atoms with Gasteiger partial charge in [0.1, 0.15) is 0 Å². The number of ether oxygens (including phenoxy) is 1. The number of anilines is 1. The van der Waals surface area contributed by atoms with Crippen LogP contribution in [0.5, 0.6) is 0 Å². The minimum absolute atomic E-state index is 0.122. The van der Waals surface area contributed by atoms with E-state index in [-0.39, 0.29) is 24.3 Å². The van der Waals surface area contributed by atoms with Crippen molar-refractivity contribution in [2.45, 2.75) is 64.1 Å². The summed E-state index contributed by atoms with van der Waals surface area (Å²) in [6.45, 7) is 4.13. The lowest BCUT2D eigenvalue weighted by atomic mass is 9.86. The number of urea groups is 1. The van der Waals surface area contributed by atoms with E-state index < -0.39 is 0 Å². The van der Waals surface area contributed by atoms with Crippen LogP contribution in [0.4, 0.5) is 15.3 Å². The molecule has 1 fully saturated rings. The van der Waals surface area contributed by atoms with Crippen LogP contribution in [0.25, 0.3) is 10.4 Å². The Bertz CT molecular complexity index is 1180. The monoisotopic (exact) mass is 526 g/mol. The lowest BCUT2D eigenvalue weighted by Gasteiger charge is -2.28. The van der Waals surface area contributed by atoms with Crippen molar-refractivity contribution in [1.29, 1.82) is 0 Å². The number of carbonyl (C=O) groups excluding carboxylic acids is 2. The Kier molecular flexibility index (Phi) is 8.83. The Labute approximate surface area is 220 Å². The predicted molar refractivity (Wildman–Crippen MR) is 145 cm³/mol. The van der Waals surface area contributed by atoms with Gasteiger partial charge in [0.25, 0.3) is 0 Å². The van der Waals surface area contributed by atoms with E-state index in [2.05, 4.69) is 20.9 Å². The molecule has 0 atom stereocenters. The molecule has 36 heavy (non-hydrogen) atoms. The molecule has 4 rings (SSSR count). The van der Waals surface area contributed by atoms with E-state index in [9.17, 15) is 9.59 Å². The number of hydrogen-bond donors (Lipinski definition) is 3. The summed E-state index contributed by atoms with van der Waals surface area (Å²) in [5.41, 5.74) is 2.55. The molecule has 2 aromatic carbocycles. The van der Waals surface area contributed by atoms with Crippen molar-refractivity contribution >= 4 is 40.7 Å². The summed E-state index contributed by atoms with van der Waals surface area (Å²) in [5.74, 6) is 0.371. The Balaban J connectivity index is 1.30. The van der Waals surface area contributed by atoms with Gasteiger partial charge in [0.15, 0.2) is 0 Å². The Morgan fingerprint density at radius 2 is 1.86 bits per heavy atom. The van der Waals surface area contributed by atoms with Gasteiger partial charge in [-0.3, -0.25) is 0 Å². The van der Waals surface area contributed by atoms with Crippen LogP contribution in [0.1, 0.15) is 56.0 Å². The Morgan fingerprint density at radius 1 is 1.11 bits per heavy atom. The van der Waals surface area contributed by atoms with Crippen molar-refractivity contribution in [3.05, 3.63) is 70.3 Å². The maximum atomic E-state index is 12.3. The number of thiazole rings is 1. The fraction of sp³-hybridized carbons (Fsp3) is 0.370. The van der Waals surface area contributed by atoms with E-state index in [1.807, 2.05) is 62.5 Å². The van der Waals surface area contributed by atoms with Crippen LogP contribution < -0.4 is 16.0 Å². The number of benzene rings is 2. The second kappa shape index (κ2) is 12.2. The third kappa shape index (κ3) is 7.21. The van der Waals surface area contributed by atoms with E-state index in [0.29, 0.717) is 23.2 Å². The third-order valence-corrected chi connectivity index (χ3v) is 7.56. The molecule has 1 heterocycles. The lowest BCUT2D eigenvalue weighted by Crippen LogP contribution is -2.38. The van der Waals surface area contributed by atoms with Crippen molar-refractivity contribution in [2.75, 3.05) is 5.32 Å². The zero-order valence-electron chi connectivity index (χ0n) is 20.4. The van der Waals surface area contributed by atoms with Gasteiger partial charge in [-0.15, -0.1) is 11.3 Å². The summed E-state index contributed by atoms with van der Waals surface area (Å²) >= 11 is 8.22. The normalized spacial score (nSPS) is 17.4. The summed E-state index contributed by atoms with van der Waals surface area (Å²) in [5, 5.41) is 10.3. The van der Waals surface area contributed by atoms with Gasteiger partial charge < -0.3 is 20.7 Å². The van der Waals surface area contributed by atoms with Crippen molar-refractivity contribution in [3.8, 4) is 10.4 Å². The van der Waals surface area contributed by atoms with Crippen LogP contribution in [0.3, 0.4) is 0 Å². The lowest BCUT2D eigenvalue weighted by molar-refractivity contribution is 0.109. The first kappa shape index (κ1) is 26.0. The minimum atomic E-state index is -0.341. The van der Waals surface area contributed by atoms with E-state index >= 15 is 0 Å². The fourth-order valence-electron chi connectivity index (χ4n) is 4.25. The number of nitrogens with zero attached hydrogens (tertiary/aromatic N) is 1. The van der Waals surface area contributed by atoms with Gasteiger partial charge in [-0.25, -0.2) is 14.6 Å². The molecule has 1 aromatic heterocycles. The van der Waals surface area contributed by atoms with Gasteiger partial charge in [0.2, 0.25) is 0 Å². The molecule has 0 spiro atoms. The van der Waals surface area contributed by atoms with Crippen LogP contribution in [0, 0.1) is 0 Å². The first-order chi connectivity index (χ1) is 17.4. The maximum Gasteiger partial charge on any atom is 0.407 e. The molecule has 9 heteroatoms. The second-order valence-corrected chi connectivity index (χ2v) is 10.7. The van der Waals surface area contributed by atoms with Crippen LogP contribution in [0.15, 0.2) is 54.7 Å². The number of amides is 3. The van der Waals surface area contributed by atoms with Gasteiger partial charge >= 0.3 is 12.1 Å². The topological polar surface area (TPSA) is 92.3 Å². The van der Waals surface area contributed by atoms with Crippen molar-refractivity contribution in [2.24, 2.45) is 0 Å². The molecule has 0 unspecified atom stereocenters. The zero-order valence-corrected chi connectivity index (χ0v) is 22.0. The van der Waals surface area contributed by atoms with Gasteiger partial charge in [-0.05, 0) is 63.3 Å². The second-order valence-electron chi connectivity index (χ2n) is 9.20. The number of carbonyl (C=O) groups is 2. The van der Waals surface area contributed by atoms with Gasteiger partial charge in [-0.2, -0.15) is 0 Å². The van der Waals surface area contributed by atoms with Crippen LogP contribution in [0.2, 0.25) is 5.02 Å². The van der Waals surface area contributed by atoms with Gasteiger partial charge in [0.05, 0.1) is 21.0 Å². The molecule has 0 saturated heterocycles. The molecule has 3 aromatic rings. The first-order valence-electron chi connectivity index (χ1n) is 12.2. The number of hydrogen-bond acceptors (Lipinski definition) is 5. The maximum absolute atomic E-state index is 12.3. The molecule has 1 aliphatic carbocycles. The zero-order chi connectivity index (χ0) is 25.5. The molecule has 1 saturated carbocycles. The summed E-state index contributed by atoms with van der Waals surface area (Å²) in [6, 6.07) is 15.1. The molecule has 3 amide bonds. The summed E-state index contributed by atoms with van der Waals surface area (Å²) < 4.78 is 5.19. The molecule has 0 bridgehead atoms. The number of rotatable bonds is 7. The Morgan fingerprint density at radius 3 is 2.56 bits per heavy atom. The first-order valence-corrected chi connectivity index (χ1v) is 13.4. The predicted octanol–water partition coefficient (Wildman–Crippen LogP) is 6.95. The summed E-state index contributed by atoms with van der Waals surface area (Å²) in [4.78, 5) is 29.8. The van der Waals surface area contributed by atoms with E-state index in [1.165, 1.54) is 0 Å². The van der Waals surface area contributed by atoms with Crippen molar-refractivity contribution in [1.82, 2.24) is 15.6 Å². The molecule has 190 valence electrons. The highest BCUT2D eigenvalue weighted by molar-refractivity contribution is 7.15. The molecule has 0 radical (unpaired) electrons. The number of halogens is 1.